The Hall–Kier alpha value is -2.31. The van der Waals surface area contributed by atoms with Gasteiger partial charge < -0.3 is 20.7 Å². The minimum Gasteiger partial charge on any atom is -0.489 e. The van der Waals surface area contributed by atoms with E-state index in [1.165, 1.54) is 12.1 Å². The molecule has 1 unspecified atom stereocenters. The number of carbonyl (C=O) groups excluding carboxylic acids is 1. The topological polar surface area (TPSA) is 74.8 Å². The number of hydrogen-bond donors (Lipinski definition) is 3. The Morgan fingerprint density at radius 1 is 1.26 bits per heavy atom. The number of aliphatic imine (C=N–C) groups is 1. The highest BCUT2D eigenvalue weighted by molar-refractivity contribution is 5.86. The van der Waals surface area contributed by atoms with Gasteiger partial charge in [0.15, 0.2) is 5.96 Å². The molecule has 0 aliphatic rings. The molecule has 3 N–H and O–H groups in total. The smallest absolute Gasteiger partial charge is 0.239 e. The number of rotatable bonds is 8. The first kappa shape index (κ1) is 18.7. The van der Waals surface area contributed by atoms with E-state index < -0.39 is 0 Å². The summed E-state index contributed by atoms with van der Waals surface area (Å²) in [7, 11) is 1.63. The number of carbonyl (C=O) groups is 1. The minimum atomic E-state index is -0.297. The van der Waals surface area contributed by atoms with Crippen LogP contribution in [-0.2, 0) is 4.79 Å². The molecule has 1 aromatic rings. The Balaban J connectivity index is 2.30. The number of ether oxygens (including phenoxy) is 1. The molecule has 0 saturated heterocycles. The lowest BCUT2D eigenvalue weighted by atomic mass is 10.3. The van der Waals surface area contributed by atoms with Gasteiger partial charge in [0.05, 0.1) is 13.1 Å². The summed E-state index contributed by atoms with van der Waals surface area (Å²) in [5.41, 5.74) is 0. The maximum Gasteiger partial charge on any atom is 0.239 e. The Labute approximate surface area is 136 Å². The SMILES string of the molecule is CCCNC(=O)CNC(=NC)NCC(C)Oc1ccc(F)cc1. The van der Waals surface area contributed by atoms with Crippen molar-refractivity contribution in [3.05, 3.63) is 30.1 Å². The molecule has 0 spiro atoms. The summed E-state index contributed by atoms with van der Waals surface area (Å²) in [5.74, 6) is 0.744. The van der Waals surface area contributed by atoms with Crippen LogP contribution in [0.15, 0.2) is 29.3 Å². The highest BCUT2D eigenvalue weighted by Gasteiger charge is 2.07. The van der Waals surface area contributed by atoms with Crippen LogP contribution in [0.2, 0.25) is 0 Å². The fraction of sp³-hybridized carbons (Fsp3) is 0.500. The molecule has 1 atom stereocenters. The van der Waals surface area contributed by atoms with Gasteiger partial charge in [-0.25, -0.2) is 4.39 Å². The van der Waals surface area contributed by atoms with Crippen molar-refractivity contribution in [1.82, 2.24) is 16.0 Å². The third-order valence-electron chi connectivity index (χ3n) is 2.92. The Bertz CT molecular complexity index is 505. The summed E-state index contributed by atoms with van der Waals surface area (Å²) in [4.78, 5) is 15.6. The average Bonchev–Trinajstić information content (AvgIpc) is 2.55. The highest BCUT2D eigenvalue weighted by Crippen LogP contribution is 2.12. The van der Waals surface area contributed by atoms with Crippen LogP contribution in [0, 0.1) is 5.82 Å². The van der Waals surface area contributed by atoms with Gasteiger partial charge in [-0.05, 0) is 37.6 Å². The van der Waals surface area contributed by atoms with Crippen LogP contribution in [0.5, 0.6) is 5.75 Å². The van der Waals surface area contributed by atoms with E-state index in [0.29, 0.717) is 24.8 Å². The molecule has 0 aliphatic carbocycles. The van der Waals surface area contributed by atoms with Crippen molar-refractivity contribution in [1.29, 1.82) is 0 Å². The molecule has 1 amide bonds. The minimum absolute atomic E-state index is 0.0783. The Morgan fingerprint density at radius 2 is 1.96 bits per heavy atom. The van der Waals surface area contributed by atoms with Gasteiger partial charge in [-0.1, -0.05) is 6.92 Å². The van der Waals surface area contributed by atoms with Crippen LogP contribution in [-0.4, -0.2) is 44.7 Å². The van der Waals surface area contributed by atoms with Crippen molar-refractivity contribution >= 4 is 11.9 Å². The van der Waals surface area contributed by atoms with E-state index in [-0.39, 0.29) is 24.4 Å². The zero-order valence-corrected chi connectivity index (χ0v) is 13.9. The van der Waals surface area contributed by atoms with Gasteiger partial charge >= 0.3 is 0 Å². The number of nitrogens with one attached hydrogen (secondary N) is 3. The van der Waals surface area contributed by atoms with E-state index in [1.54, 1.807) is 19.2 Å². The van der Waals surface area contributed by atoms with Crippen molar-refractivity contribution < 1.29 is 13.9 Å². The second kappa shape index (κ2) is 10.4. The molecular formula is C16H25FN4O2. The first-order valence-corrected chi connectivity index (χ1v) is 7.68. The van der Waals surface area contributed by atoms with Gasteiger partial charge in [0.2, 0.25) is 5.91 Å². The van der Waals surface area contributed by atoms with Gasteiger partial charge in [-0.3, -0.25) is 9.79 Å². The van der Waals surface area contributed by atoms with Crippen LogP contribution in [0.3, 0.4) is 0 Å². The summed E-state index contributed by atoms with van der Waals surface area (Å²) < 4.78 is 18.5. The maximum absolute atomic E-state index is 12.8. The molecule has 0 fully saturated rings. The second-order valence-corrected chi connectivity index (χ2v) is 5.04. The monoisotopic (exact) mass is 324 g/mol. The van der Waals surface area contributed by atoms with Crippen molar-refractivity contribution in [2.75, 3.05) is 26.7 Å². The number of benzene rings is 1. The zero-order valence-electron chi connectivity index (χ0n) is 13.9. The van der Waals surface area contributed by atoms with Crippen molar-refractivity contribution in [2.24, 2.45) is 4.99 Å². The fourth-order valence-electron chi connectivity index (χ4n) is 1.74. The number of nitrogens with zero attached hydrogens (tertiary/aromatic N) is 1. The molecule has 0 heterocycles. The molecule has 0 saturated carbocycles. The Kier molecular flexibility index (Phi) is 8.49. The third-order valence-corrected chi connectivity index (χ3v) is 2.92. The normalized spacial score (nSPS) is 12.4. The van der Waals surface area contributed by atoms with E-state index >= 15 is 0 Å². The van der Waals surface area contributed by atoms with Crippen molar-refractivity contribution in [3.8, 4) is 5.75 Å². The molecular weight excluding hydrogens is 299 g/mol. The van der Waals surface area contributed by atoms with E-state index in [0.717, 1.165) is 6.42 Å². The van der Waals surface area contributed by atoms with E-state index in [4.69, 9.17) is 4.74 Å². The van der Waals surface area contributed by atoms with Crippen molar-refractivity contribution in [2.45, 2.75) is 26.4 Å². The zero-order chi connectivity index (χ0) is 17.1. The lowest BCUT2D eigenvalue weighted by Crippen LogP contribution is -2.45. The summed E-state index contributed by atoms with van der Waals surface area (Å²) >= 11 is 0. The number of guanidine groups is 1. The molecule has 1 rings (SSSR count). The predicted molar refractivity (Wildman–Crippen MR) is 89.2 cm³/mol. The molecule has 128 valence electrons. The predicted octanol–water partition coefficient (Wildman–Crippen LogP) is 1.28. The lowest BCUT2D eigenvalue weighted by Gasteiger charge is -2.17. The van der Waals surface area contributed by atoms with Gasteiger partial charge in [0.1, 0.15) is 17.7 Å². The molecule has 0 aromatic heterocycles. The van der Waals surface area contributed by atoms with E-state index in [1.807, 2.05) is 13.8 Å². The third kappa shape index (κ3) is 8.04. The standard InChI is InChI=1S/C16H25FN4O2/c1-4-9-19-15(22)11-21-16(18-3)20-10-12(2)23-14-7-5-13(17)6-8-14/h5-8,12H,4,9-11H2,1-3H3,(H,19,22)(H2,18,20,21). The van der Waals surface area contributed by atoms with Gasteiger partial charge in [0.25, 0.3) is 0 Å². The largest absolute Gasteiger partial charge is 0.489 e. The molecule has 6 nitrogen and oxygen atoms in total. The van der Waals surface area contributed by atoms with Crippen LogP contribution >= 0.6 is 0 Å². The average molecular weight is 324 g/mol. The number of hydrogen-bond acceptors (Lipinski definition) is 3. The van der Waals surface area contributed by atoms with E-state index in [2.05, 4.69) is 20.9 Å². The summed E-state index contributed by atoms with van der Waals surface area (Å²) in [5, 5.41) is 8.77. The van der Waals surface area contributed by atoms with E-state index in [9.17, 15) is 9.18 Å². The second-order valence-electron chi connectivity index (χ2n) is 5.04. The van der Waals surface area contributed by atoms with Crippen LogP contribution in [0.25, 0.3) is 0 Å². The molecule has 1 aromatic carbocycles. The number of halogens is 1. The summed E-state index contributed by atoms with van der Waals surface area (Å²) in [6.45, 7) is 5.20. The molecule has 0 radical (unpaired) electrons. The van der Waals surface area contributed by atoms with Crippen LogP contribution in [0.1, 0.15) is 20.3 Å². The van der Waals surface area contributed by atoms with Crippen molar-refractivity contribution in [3.63, 3.8) is 0 Å². The lowest BCUT2D eigenvalue weighted by molar-refractivity contribution is -0.120. The molecule has 0 aliphatic heterocycles. The first-order chi connectivity index (χ1) is 11.0. The van der Waals surface area contributed by atoms with Gasteiger partial charge in [-0.15, -0.1) is 0 Å². The summed E-state index contributed by atoms with van der Waals surface area (Å²) in [6.07, 6.45) is 0.754. The van der Waals surface area contributed by atoms with Crippen LogP contribution < -0.4 is 20.7 Å². The quantitative estimate of drug-likeness (QED) is 0.497. The molecule has 7 heteroatoms. The Morgan fingerprint density at radius 3 is 2.57 bits per heavy atom. The molecule has 0 bridgehead atoms. The van der Waals surface area contributed by atoms with Gasteiger partial charge in [-0.2, -0.15) is 0 Å². The first-order valence-electron chi connectivity index (χ1n) is 7.68. The van der Waals surface area contributed by atoms with Gasteiger partial charge in [0, 0.05) is 13.6 Å². The maximum atomic E-state index is 12.8. The summed E-state index contributed by atoms with van der Waals surface area (Å²) in [6, 6.07) is 5.86. The number of amides is 1. The molecule has 23 heavy (non-hydrogen) atoms. The fourth-order valence-corrected chi connectivity index (χ4v) is 1.74. The van der Waals surface area contributed by atoms with Crippen LogP contribution in [0.4, 0.5) is 4.39 Å². The highest BCUT2D eigenvalue weighted by atomic mass is 19.1.